The molecule has 122 valence electrons. The first-order valence-corrected chi connectivity index (χ1v) is 8.74. The maximum atomic E-state index is 6.04. The number of rotatable bonds is 3. The quantitative estimate of drug-likeness (QED) is 0.480. The van der Waals surface area contributed by atoms with Gasteiger partial charge < -0.3 is 10.1 Å². The highest BCUT2D eigenvalue weighted by Gasteiger charge is 2.18. The molecule has 0 atom stereocenters. The molecule has 0 unspecified atom stereocenters. The van der Waals surface area contributed by atoms with E-state index < -0.39 is 0 Å². The molecule has 0 aliphatic carbocycles. The molecule has 0 fully saturated rings. The Labute approximate surface area is 157 Å². The normalized spacial score (nSPS) is 13.6. The molecule has 1 aromatic carbocycles. The molecule has 1 aliphatic rings. The van der Waals surface area contributed by atoms with Crippen LogP contribution in [0.5, 0.6) is 0 Å². The van der Waals surface area contributed by atoms with E-state index in [-0.39, 0.29) is 5.28 Å². The Morgan fingerprint density at radius 3 is 2.75 bits per heavy atom. The van der Waals surface area contributed by atoms with Crippen molar-refractivity contribution in [3.8, 4) is 11.1 Å². The fourth-order valence-electron chi connectivity index (χ4n) is 2.64. The van der Waals surface area contributed by atoms with Crippen molar-refractivity contribution in [3.63, 3.8) is 0 Å². The average Bonchev–Trinajstić information content (AvgIpc) is 3.02. The molecule has 0 amide bonds. The van der Waals surface area contributed by atoms with E-state index in [1.54, 1.807) is 2.90 Å². The SMILES string of the molecule is Clc1nc2c(c(Nc3ccc(-c4cnn(I)c4)cc3)n1)COCC2. The van der Waals surface area contributed by atoms with Crippen LogP contribution < -0.4 is 5.32 Å². The number of fused-ring (bicyclic) bond motifs is 1. The molecule has 8 heteroatoms. The molecule has 6 nitrogen and oxygen atoms in total. The summed E-state index contributed by atoms with van der Waals surface area (Å²) in [6, 6.07) is 8.10. The van der Waals surface area contributed by atoms with Gasteiger partial charge in [-0.25, -0.2) is 12.9 Å². The molecule has 24 heavy (non-hydrogen) atoms. The first kappa shape index (κ1) is 15.8. The van der Waals surface area contributed by atoms with E-state index in [1.165, 1.54) is 0 Å². The third-order valence-electron chi connectivity index (χ3n) is 3.83. The molecule has 1 aliphatic heterocycles. The molecule has 4 rings (SSSR count). The van der Waals surface area contributed by atoms with Gasteiger partial charge in [0, 0.05) is 29.4 Å². The standard InChI is InChI=1S/C16H13ClIN5O/c17-16-21-14-5-6-24-9-13(14)15(22-16)20-12-3-1-10(2-4-12)11-7-19-23(18)8-11/h1-4,7-8H,5-6,9H2,(H,20,21,22). The highest BCUT2D eigenvalue weighted by molar-refractivity contribution is 14.1. The second kappa shape index (κ2) is 6.66. The van der Waals surface area contributed by atoms with Crippen LogP contribution in [0.1, 0.15) is 11.3 Å². The van der Waals surface area contributed by atoms with Crippen LogP contribution >= 0.6 is 34.5 Å². The van der Waals surface area contributed by atoms with Crippen molar-refractivity contribution in [2.45, 2.75) is 13.0 Å². The third kappa shape index (κ3) is 3.24. The second-order valence-corrected chi connectivity index (χ2v) is 6.72. The lowest BCUT2D eigenvalue weighted by Gasteiger charge is -2.19. The van der Waals surface area contributed by atoms with Gasteiger partial charge in [0.25, 0.3) is 0 Å². The Kier molecular flexibility index (Phi) is 4.38. The molecule has 1 N–H and O–H groups in total. The largest absolute Gasteiger partial charge is 0.376 e. The number of nitrogens with one attached hydrogen (secondary N) is 1. The summed E-state index contributed by atoms with van der Waals surface area (Å²) in [7, 11) is 0. The van der Waals surface area contributed by atoms with Crippen LogP contribution in [0, 0.1) is 0 Å². The van der Waals surface area contributed by atoms with Gasteiger partial charge in [-0.3, -0.25) is 0 Å². The van der Waals surface area contributed by atoms with E-state index in [9.17, 15) is 0 Å². The smallest absolute Gasteiger partial charge is 0.224 e. The van der Waals surface area contributed by atoms with Crippen molar-refractivity contribution >= 4 is 46.0 Å². The highest BCUT2D eigenvalue weighted by atomic mass is 127. The van der Waals surface area contributed by atoms with Crippen molar-refractivity contribution in [1.29, 1.82) is 0 Å². The van der Waals surface area contributed by atoms with Crippen LogP contribution in [0.3, 0.4) is 0 Å². The van der Waals surface area contributed by atoms with Gasteiger partial charge in [-0.15, -0.1) is 0 Å². The zero-order valence-corrected chi connectivity index (χ0v) is 15.5. The van der Waals surface area contributed by atoms with Crippen molar-refractivity contribution in [3.05, 3.63) is 53.2 Å². The third-order valence-corrected chi connectivity index (χ3v) is 4.53. The lowest BCUT2D eigenvalue weighted by atomic mass is 10.1. The van der Waals surface area contributed by atoms with Crippen LogP contribution in [0.2, 0.25) is 5.28 Å². The van der Waals surface area contributed by atoms with Crippen LogP contribution in [0.25, 0.3) is 11.1 Å². The molecule has 0 radical (unpaired) electrons. The zero-order valence-electron chi connectivity index (χ0n) is 12.5. The number of hydrogen-bond acceptors (Lipinski definition) is 5. The minimum absolute atomic E-state index is 0.254. The molecule has 0 bridgehead atoms. The van der Waals surface area contributed by atoms with Gasteiger partial charge in [-0.2, -0.15) is 5.10 Å². The predicted molar refractivity (Wildman–Crippen MR) is 101 cm³/mol. The Balaban J connectivity index is 1.61. The predicted octanol–water partition coefficient (Wildman–Crippen LogP) is 4.01. The summed E-state index contributed by atoms with van der Waals surface area (Å²) in [5.41, 5.74) is 5.04. The monoisotopic (exact) mass is 453 g/mol. The number of benzene rings is 1. The summed E-state index contributed by atoms with van der Waals surface area (Å²) in [5, 5.41) is 7.76. The summed E-state index contributed by atoms with van der Waals surface area (Å²) < 4.78 is 7.28. The molecular formula is C16H13ClIN5O. The Morgan fingerprint density at radius 1 is 1.17 bits per heavy atom. The lowest BCUT2D eigenvalue weighted by Crippen LogP contribution is -2.15. The summed E-state index contributed by atoms with van der Waals surface area (Å²) in [4.78, 5) is 8.61. The first-order chi connectivity index (χ1) is 11.7. The van der Waals surface area contributed by atoms with Crippen LogP contribution in [-0.4, -0.2) is 24.6 Å². The van der Waals surface area contributed by atoms with Crippen molar-refractivity contribution in [1.82, 2.24) is 18.0 Å². The summed E-state index contributed by atoms with van der Waals surface area (Å²) >= 11 is 8.17. The number of anilines is 2. The molecule has 3 heterocycles. The summed E-state index contributed by atoms with van der Waals surface area (Å²) in [5.74, 6) is 0.706. The van der Waals surface area contributed by atoms with E-state index in [4.69, 9.17) is 16.3 Å². The summed E-state index contributed by atoms with van der Waals surface area (Å²) in [6.45, 7) is 1.17. The van der Waals surface area contributed by atoms with Crippen LogP contribution in [0.4, 0.5) is 11.5 Å². The van der Waals surface area contributed by atoms with Crippen LogP contribution in [0.15, 0.2) is 36.7 Å². The van der Waals surface area contributed by atoms with E-state index >= 15 is 0 Å². The molecule has 3 aromatic rings. The number of nitrogens with zero attached hydrogens (tertiary/aromatic N) is 4. The molecule has 0 spiro atoms. The molecule has 0 saturated heterocycles. The van der Waals surface area contributed by atoms with Gasteiger partial charge in [0.15, 0.2) is 0 Å². The Bertz CT molecular complexity index is 881. The van der Waals surface area contributed by atoms with E-state index in [0.29, 0.717) is 19.0 Å². The van der Waals surface area contributed by atoms with Crippen molar-refractivity contribution < 1.29 is 4.74 Å². The van der Waals surface area contributed by atoms with Crippen LogP contribution in [-0.2, 0) is 17.8 Å². The van der Waals surface area contributed by atoms with E-state index in [1.807, 2.05) is 36.7 Å². The highest BCUT2D eigenvalue weighted by Crippen LogP contribution is 2.28. The maximum absolute atomic E-state index is 6.04. The lowest BCUT2D eigenvalue weighted by molar-refractivity contribution is 0.109. The number of halogens is 2. The van der Waals surface area contributed by atoms with Gasteiger partial charge in [-0.1, -0.05) is 12.1 Å². The Hall–Kier alpha value is -1.71. The van der Waals surface area contributed by atoms with Crippen molar-refractivity contribution in [2.75, 3.05) is 11.9 Å². The van der Waals surface area contributed by atoms with Gasteiger partial charge in [0.05, 0.1) is 48.0 Å². The fraction of sp³-hybridized carbons (Fsp3) is 0.188. The minimum Gasteiger partial charge on any atom is -0.376 e. The summed E-state index contributed by atoms with van der Waals surface area (Å²) in [6.07, 6.45) is 4.57. The Morgan fingerprint density at radius 2 is 2.00 bits per heavy atom. The van der Waals surface area contributed by atoms with E-state index in [2.05, 4.69) is 43.2 Å². The second-order valence-electron chi connectivity index (χ2n) is 5.39. The first-order valence-electron chi connectivity index (χ1n) is 7.40. The van der Waals surface area contributed by atoms with Gasteiger partial charge >= 0.3 is 0 Å². The molecule has 0 saturated carbocycles. The van der Waals surface area contributed by atoms with E-state index in [0.717, 1.165) is 34.5 Å². The van der Waals surface area contributed by atoms with Gasteiger partial charge in [0.1, 0.15) is 5.82 Å². The fourth-order valence-corrected chi connectivity index (χ4v) is 3.25. The van der Waals surface area contributed by atoms with Crippen molar-refractivity contribution in [2.24, 2.45) is 0 Å². The topological polar surface area (TPSA) is 64.9 Å². The van der Waals surface area contributed by atoms with Gasteiger partial charge in [-0.05, 0) is 29.3 Å². The zero-order chi connectivity index (χ0) is 16.5. The molecule has 2 aromatic heterocycles. The number of aromatic nitrogens is 4. The molecular weight excluding hydrogens is 441 g/mol. The number of hydrogen-bond donors (Lipinski definition) is 1. The number of ether oxygens (including phenoxy) is 1. The minimum atomic E-state index is 0.254. The maximum Gasteiger partial charge on any atom is 0.224 e. The van der Waals surface area contributed by atoms with Gasteiger partial charge in [0.2, 0.25) is 5.28 Å². The average molecular weight is 454 g/mol.